The van der Waals surface area contributed by atoms with Gasteiger partial charge in [-0.2, -0.15) is 13.2 Å². The zero-order chi connectivity index (χ0) is 28.0. The lowest BCUT2D eigenvalue weighted by Crippen LogP contribution is -2.38. The predicted molar refractivity (Wildman–Crippen MR) is 159 cm³/mol. The number of fused-ring (bicyclic) bond motifs is 2. The molecule has 13 heteroatoms. The number of rotatable bonds is 7. The first kappa shape index (κ1) is 29.5. The molecule has 0 aliphatic heterocycles. The molecule has 216 valence electrons. The van der Waals surface area contributed by atoms with Crippen LogP contribution in [0.15, 0.2) is 55.1 Å². The Hall–Kier alpha value is -2.96. The number of nitrogens with zero attached hydrogens (tertiary/aromatic N) is 4. The molecule has 3 N–H and O–H groups in total. The van der Waals surface area contributed by atoms with Crippen molar-refractivity contribution in [2.24, 2.45) is 0 Å². The van der Waals surface area contributed by atoms with Crippen LogP contribution in [-0.2, 0) is 13.0 Å². The molecule has 1 aliphatic rings. The molecule has 4 heterocycles. The van der Waals surface area contributed by atoms with Gasteiger partial charge in [-0.15, -0.1) is 23.7 Å². The van der Waals surface area contributed by atoms with Gasteiger partial charge < -0.3 is 20.3 Å². The Morgan fingerprint density at radius 3 is 2.66 bits per heavy atom. The second kappa shape index (κ2) is 11.7. The van der Waals surface area contributed by atoms with E-state index >= 15 is 0 Å². The molecular formula is C28H27Cl2F3N6OS. The average Bonchev–Trinajstić information content (AvgIpc) is 3.65. The third-order valence-corrected chi connectivity index (χ3v) is 8.81. The highest BCUT2D eigenvalue weighted by atomic mass is 35.5. The van der Waals surface area contributed by atoms with Crippen LogP contribution in [0.2, 0.25) is 5.15 Å². The molecule has 1 aromatic carbocycles. The van der Waals surface area contributed by atoms with Crippen LogP contribution in [0.4, 0.5) is 19.0 Å². The summed E-state index contributed by atoms with van der Waals surface area (Å²) in [6.45, 7) is 0.633. The Morgan fingerprint density at radius 1 is 1.12 bits per heavy atom. The fourth-order valence-electron chi connectivity index (χ4n) is 5.49. The summed E-state index contributed by atoms with van der Waals surface area (Å²) >= 11 is 7.23. The van der Waals surface area contributed by atoms with E-state index in [2.05, 4.69) is 49.5 Å². The summed E-state index contributed by atoms with van der Waals surface area (Å²) in [6.07, 6.45) is 0.316. The van der Waals surface area contributed by atoms with E-state index in [1.54, 1.807) is 6.20 Å². The van der Waals surface area contributed by atoms with E-state index in [1.807, 2.05) is 24.2 Å². The van der Waals surface area contributed by atoms with E-state index < -0.39 is 18.7 Å². The van der Waals surface area contributed by atoms with Gasteiger partial charge in [0.25, 0.3) is 0 Å². The number of thiophene rings is 1. The number of nitrogens with one attached hydrogen (secondary N) is 2. The molecule has 41 heavy (non-hydrogen) atoms. The van der Waals surface area contributed by atoms with Crippen molar-refractivity contribution in [2.75, 3.05) is 11.9 Å². The van der Waals surface area contributed by atoms with E-state index in [1.165, 1.54) is 12.4 Å². The zero-order valence-corrected chi connectivity index (χ0v) is 24.2. The first-order valence-corrected chi connectivity index (χ1v) is 14.0. The van der Waals surface area contributed by atoms with Crippen LogP contribution >= 0.6 is 35.3 Å². The first-order chi connectivity index (χ1) is 19.2. The van der Waals surface area contributed by atoms with Crippen molar-refractivity contribution < 1.29 is 18.3 Å². The van der Waals surface area contributed by atoms with Crippen LogP contribution in [-0.4, -0.2) is 56.5 Å². The molecule has 0 bridgehead atoms. The minimum Gasteiger partial charge on any atom is -0.391 e. The van der Waals surface area contributed by atoms with Gasteiger partial charge in [0, 0.05) is 47.9 Å². The number of anilines is 1. The Labute approximate surface area is 249 Å². The van der Waals surface area contributed by atoms with Crippen LogP contribution < -0.4 is 10.2 Å². The molecular weight excluding hydrogens is 596 g/mol. The molecule has 0 spiro atoms. The summed E-state index contributed by atoms with van der Waals surface area (Å²) in [5.41, 5.74) is 4.05. The van der Waals surface area contributed by atoms with E-state index in [4.69, 9.17) is 11.6 Å². The number of halogens is 5. The Kier molecular flexibility index (Phi) is 8.45. The molecule has 1 aliphatic carbocycles. The number of aromatic amines is 1. The average molecular weight is 624 g/mol. The monoisotopic (exact) mass is 622 g/mol. The van der Waals surface area contributed by atoms with Crippen molar-refractivity contribution in [3.05, 3.63) is 70.7 Å². The fourth-order valence-corrected chi connectivity index (χ4v) is 6.72. The van der Waals surface area contributed by atoms with Gasteiger partial charge in [-0.05, 0) is 36.1 Å². The second-order valence-corrected chi connectivity index (χ2v) is 11.6. The van der Waals surface area contributed by atoms with Gasteiger partial charge in [-0.1, -0.05) is 35.9 Å². The zero-order valence-electron chi connectivity index (χ0n) is 21.8. The maximum Gasteiger partial charge on any atom is 0.393 e. The number of aromatic nitrogens is 4. The Balaban J connectivity index is 0.00000337. The lowest BCUT2D eigenvalue weighted by molar-refractivity contribution is -0.126. The van der Waals surface area contributed by atoms with Crippen molar-refractivity contribution in [3.63, 3.8) is 0 Å². The number of alkyl halides is 3. The van der Waals surface area contributed by atoms with E-state index in [0.29, 0.717) is 40.6 Å². The minimum absolute atomic E-state index is 0. The number of aliphatic hydroxyl groups is 1. The standard InChI is InChI=1S/C28H26ClF3N6OS.ClH/c1-38(26-20-10-18(11-28(30,31)32)40-27(20)37-14-36-26)22-8-17(9-23(22)39)34-12-15-2-4-16(5-3-15)21-13-35-25(29)19-6-7-33-24(19)21;/h2-7,10,13-14,17,22-23,33-34,39H,8-9,11-12H2,1H3;1H/t17-,22+,23-;/m1./s1. The molecule has 0 unspecified atom stereocenters. The quantitative estimate of drug-likeness (QED) is 0.179. The topological polar surface area (TPSA) is 90.0 Å². The number of aliphatic hydroxyl groups excluding tert-OH is 1. The molecule has 1 fully saturated rings. The molecule has 1 saturated carbocycles. The van der Waals surface area contributed by atoms with E-state index in [-0.39, 0.29) is 29.4 Å². The highest BCUT2D eigenvalue weighted by Crippen LogP contribution is 2.36. The van der Waals surface area contributed by atoms with E-state index in [9.17, 15) is 18.3 Å². The summed E-state index contributed by atoms with van der Waals surface area (Å²) < 4.78 is 38.8. The van der Waals surface area contributed by atoms with Crippen molar-refractivity contribution in [1.29, 1.82) is 0 Å². The third kappa shape index (κ3) is 6.14. The molecule has 7 nitrogen and oxygen atoms in total. The largest absolute Gasteiger partial charge is 0.393 e. The lowest BCUT2D eigenvalue weighted by Gasteiger charge is -2.28. The van der Waals surface area contributed by atoms with Gasteiger partial charge in [-0.25, -0.2) is 15.0 Å². The molecule has 3 atom stereocenters. The maximum absolute atomic E-state index is 12.9. The number of likely N-dealkylation sites (N-methyl/N-ethyl adjacent to an activating group) is 1. The van der Waals surface area contributed by atoms with Crippen LogP contribution in [0.5, 0.6) is 0 Å². The second-order valence-electron chi connectivity index (χ2n) is 10.1. The van der Waals surface area contributed by atoms with Crippen LogP contribution in [0, 0.1) is 0 Å². The lowest BCUT2D eigenvalue weighted by atomic mass is 10.0. The highest BCUT2D eigenvalue weighted by Gasteiger charge is 2.37. The van der Waals surface area contributed by atoms with Crippen molar-refractivity contribution in [2.45, 2.75) is 50.2 Å². The van der Waals surface area contributed by atoms with Crippen LogP contribution in [0.25, 0.3) is 32.2 Å². The summed E-state index contributed by atoms with van der Waals surface area (Å²) in [7, 11) is 1.82. The van der Waals surface area contributed by atoms with Crippen LogP contribution in [0.1, 0.15) is 23.3 Å². The third-order valence-electron chi connectivity index (χ3n) is 7.47. The van der Waals surface area contributed by atoms with Crippen molar-refractivity contribution in [3.8, 4) is 11.1 Å². The molecule has 4 aromatic heterocycles. The van der Waals surface area contributed by atoms with Gasteiger partial charge >= 0.3 is 6.18 Å². The van der Waals surface area contributed by atoms with E-state index in [0.717, 1.165) is 38.9 Å². The molecule has 6 rings (SSSR count). The number of benzene rings is 1. The van der Waals surface area contributed by atoms with Gasteiger partial charge in [0.2, 0.25) is 0 Å². The van der Waals surface area contributed by atoms with Crippen molar-refractivity contribution in [1.82, 2.24) is 25.3 Å². The van der Waals surface area contributed by atoms with Gasteiger partial charge in [0.05, 0.1) is 29.5 Å². The number of hydrogen-bond acceptors (Lipinski definition) is 7. The summed E-state index contributed by atoms with van der Waals surface area (Å²) in [6, 6.07) is 11.5. The van der Waals surface area contributed by atoms with Crippen molar-refractivity contribution >= 4 is 62.3 Å². The SMILES string of the molecule is CN(c1ncnc2sc(CC(F)(F)F)cc12)[C@H]1C[C@@H](NCc2ccc(-c3cnc(Cl)c4cc[nH]c34)cc2)C[C@H]1O.Cl. The predicted octanol–water partition coefficient (Wildman–Crippen LogP) is 6.53. The summed E-state index contributed by atoms with van der Waals surface area (Å²) in [4.78, 5) is 18.6. The highest BCUT2D eigenvalue weighted by molar-refractivity contribution is 7.18. The fraction of sp³-hybridized carbons (Fsp3) is 0.321. The normalized spacial score (nSPS) is 19.1. The maximum atomic E-state index is 12.9. The minimum atomic E-state index is -4.29. The smallest absolute Gasteiger partial charge is 0.391 e. The Morgan fingerprint density at radius 2 is 1.90 bits per heavy atom. The number of H-pyrrole nitrogens is 1. The summed E-state index contributed by atoms with van der Waals surface area (Å²) in [5, 5.41) is 16.3. The van der Waals surface area contributed by atoms with Gasteiger partial charge in [0.1, 0.15) is 22.1 Å². The number of pyridine rings is 1. The molecule has 5 aromatic rings. The van der Waals surface area contributed by atoms with Gasteiger partial charge in [0.15, 0.2) is 0 Å². The first-order valence-electron chi connectivity index (χ1n) is 12.8. The molecule has 0 radical (unpaired) electrons. The number of hydrogen-bond donors (Lipinski definition) is 3. The summed E-state index contributed by atoms with van der Waals surface area (Å²) in [5.74, 6) is 0.530. The van der Waals surface area contributed by atoms with Crippen LogP contribution in [0.3, 0.4) is 0 Å². The molecule has 0 saturated heterocycles. The Bertz CT molecular complexity index is 1660. The molecule has 0 amide bonds. The van der Waals surface area contributed by atoms with Gasteiger partial charge in [-0.3, -0.25) is 0 Å².